The smallest absolute Gasteiger partial charge is 0.0329 e. The number of nitrogens with one attached hydrogen (secondary N) is 1. The van der Waals surface area contributed by atoms with E-state index in [0.717, 1.165) is 11.8 Å². The monoisotopic (exact) mass is 268 g/mol. The molecule has 0 saturated carbocycles. The van der Waals surface area contributed by atoms with Crippen LogP contribution in [0.25, 0.3) is 0 Å². The molecule has 1 aliphatic rings. The second-order valence-electron chi connectivity index (χ2n) is 6.72. The highest BCUT2D eigenvalue weighted by Crippen LogP contribution is 2.30. The average molecular weight is 268 g/mol. The van der Waals surface area contributed by atoms with Gasteiger partial charge in [0.2, 0.25) is 0 Å². The van der Waals surface area contributed by atoms with Gasteiger partial charge in [0.05, 0.1) is 0 Å². The van der Waals surface area contributed by atoms with Crippen LogP contribution in [0, 0.1) is 11.8 Å². The number of nitrogens with zero attached hydrogens (tertiary/aromatic N) is 1. The highest BCUT2D eigenvalue weighted by molar-refractivity contribution is 4.98. The van der Waals surface area contributed by atoms with Gasteiger partial charge in [0.25, 0.3) is 0 Å². The SMILES string of the molecule is CCC(C)CN1CC(C(C)CC)NCC1(CC)CC. The molecule has 19 heavy (non-hydrogen) atoms. The van der Waals surface area contributed by atoms with Crippen LogP contribution in [0.4, 0.5) is 0 Å². The normalized spacial score (nSPS) is 27.2. The summed E-state index contributed by atoms with van der Waals surface area (Å²) in [4.78, 5) is 2.81. The Kier molecular flexibility index (Phi) is 6.82. The molecule has 1 aliphatic heterocycles. The van der Waals surface area contributed by atoms with Crippen molar-refractivity contribution in [1.29, 1.82) is 0 Å². The second kappa shape index (κ2) is 7.64. The Labute approximate surface area is 121 Å². The third-order valence-electron chi connectivity index (χ3n) is 5.66. The standard InChI is InChI=1S/C17H36N2/c1-7-14(5)11-19-12-16(15(6)8-2)18-13-17(19,9-3)10-4/h14-16,18H,7-13H2,1-6H3. The molecule has 114 valence electrons. The van der Waals surface area contributed by atoms with Gasteiger partial charge in [0.1, 0.15) is 0 Å². The quantitative estimate of drug-likeness (QED) is 0.753. The van der Waals surface area contributed by atoms with Gasteiger partial charge in [-0.05, 0) is 24.7 Å². The molecule has 1 rings (SSSR count). The van der Waals surface area contributed by atoms with Gasteiger partial charge >= 0.3 is 0 Å². The molecule has 1 saturated heterocycles. The molecular formula is C17H36N2. The zero-order valence-electron chi connectivity index (χ0n) is 14.1. The molecule has 0 aliphatic carbocycles. The van der Waals surface area contributed by atoms with E-state index >= 15 is 0 Å². The lowest BCUT2D eigenvalue weighted by atomic mass is 9.83. The zero-order chi connectivity index (χ0) is 14.5. The van der Waals surface area contributed by atoms with Crippen molar-refractivity contribution in [3.8, 4) is 0 Å². The van der Waals surface area contributed by atoms with Gasteiger partial charge < -0.3 is 5.32 Å². The van der Waals surface area contributed by atoms with Crippen LogP contribution < -0.4 is 5.32 Å². The molecule has 3 unspecified atom stereocenters. The van der Waals surface area contributed by atoms with Gasteiger partial charge in [-0.1, -0.05) is 54.4 Å². The van der Waals surface area contributed by atoms with Gasteiger partial charge in [-0.2, -0.15) is 0 Å². The fourth-order valence-electron chi connectivity index (χ4n) is 3.31. The Morgan fingerprint density at radius 1 is 1.11 bits per heavy atom. The van der Waals surface area contributed by atoms with E-state index in [9.17, 15) is 0 Å². The molecule has 0 aromatic rings. The van der Waals surface area contributed by atoms with E-state index in [1.54, 1.807) is 0 Å². The van der Waals surface area contributed by atoms with E-state index in [4.69, 9.17) is 0 Å². The number of hydrogen-bond donors (Lipinski definition) is 1. The van der Waals surface area contributed by atoms with Crippen LogP contribution in [0.2, 0.25) is 0 Å². The van der Waals surface area contributed by atoms with Gasteiger partial charge in [-0.25, -0.2) is 0 Å². The molecule has 0 aromatic carbocycles. The molecule has 0 bridgehead atoms. The first-order valence-electron chi connectivity index (χ1n) is 8.51. The van der Waals surface area contributed by atoms with E-state index < -0.39 is 0 Å². The molecule has 1 N–H and O–H groups in total. The molecule has 1 fully saturated rings. The van der Waals surface area contributed by atoms with Crippen LogP contribution in [0.5, 0.6) is 0 Å². The van der Waals surface area contributed by atoms with E-state index in [0.29, 0.717) is 11.6 Å². The summed E-state index contributed by atoms with van der Waals surface area (Å²) in [6, 6.07) is 0.681. The molecule has 2 nitrogen and oxygen atoms in total. The highest BCUT2D eigenvalue weighted by atomic mass is 15.3. The van der Waals surface area contributed by atoms with Crippen LogP contribution in [-0.2, 0) is 0 Å². The van der Waals surface area contributed by atoms with Crippen molar-refractivity contribution in [3.63, 3.8) is 0 Å². The molecule has 1 heterocycles. The molecule has 0 aromatic heterocycles. The molecule has 2 heteroatoms. The maximum Gasteiger partial charge on any atom is 0.0329 e. The van der Waals surface area contributed by atoms with Gasteiger partial charge in [0, 0.05) is 31.2 Å². The maximum atomic E-state index is 3.84. The van der Waals surface area contributed by atoms with Crippen molar-refractivity contribution >= 4 is 0 Å². The van der Waals surface area contributed by atoms with Crippen molar-refractivity contribution < 1.29 is 0 Å². The fraction of sp³-hybridized carbons (Fsp3) is 1.00. The van der Waals surface area contributed by atoms with Crippen LogP contribution >= 0.6 is 0 Å². The first-order valence-corrected chi connectivity index (χ1v) is 8.51. The Hall–Kier alpha value is -0.0800. The van der Waals surface area contributed by atoms with Gasteiger partial charge in [0.15, 0.2) is 0 Å². The summed E-state index contributed by atoms with van der Waals surface area (Å²) in [5, 5.41) is 3.84. The summed E-state index contributed by atoms with van der Waals surface area (Å²) in [6.07, 6.45) is 5.10. The van der Waals surface area contributed by atoms with Crippen LogP contribution in [0.1, 0.15) is 67.2 Å². The van der Waals surface area contributed by atoms with Crippen LogP contribution in [0.15, 0.2) is 0 Å². The van der Waals surface area contributed by atoms with E-state index in [1.165, 1.54) is 45.3 Å². The van der Waals surface area contributed by atoms with Crippen molar-refractivity contribution in [2.75, 3.05) is 19.6 Å². The molecule has 3 atom stereocenters. The van der Waals surface area contributed by atoms with Crippen LogP contribution in [0.3, 0.4) is 0 Å². The molecule has 0 amide bonds. The van der Waals surface area contributed by atoms with E-state index in [1.807, 2.05) is 0 Å². The lowest BCUT2D eigenvalue weighted by molar-refractivity contribution is 0.00982. The minimum absolute atomic E-state index is 0.396. The Morgan fingerprint density at radius 2 is 1.74 bits per heavy atom. The predicted molar refractivity (Wildman–Crippen MR) is 85.6 cm³/mol. The van der Waals surface area contributed by atoms with E-state index in [2.05, 4.69) is 51.8 Å². The first-order chi connectivity index (χ1) is 9.02. The number of piperazine rings is 1. The Morgan fingerprint density at radius 3 is 2.21 bits per heavy atom. The number of hydrogen-bond acceptors (Lipinski definition) is 2. The van der Waals surface area contributed by atoms with Gasteiger partial charge in [-0.15, -0.1) is 0 Å². The third-order valence-corrected chi connectivity index (χ3v) is 5.66. The van der Waals surface area contributed by atoms with Crippen molar-refractivity contribution in [2.24, 2.45) is 11.8 Å². The Bertz CT molecular complexity index is 248. The number of rotatable bonds is 7. The zero-order valence-corrected chi connectivity index (χ0v) is 14.1. The summed E-state index contributed by atoms with van der Waals surface area (Å²) < 4.78 is 0. The maximum absolute atomic E-state index is 3.84. The van der Waals surface area contributed by atoms with Crippen molar-refractivity contribution in [1.82, 2.24) is 10.2 Å². The topological polar surface area (TPSA) is 15.3 Å². The van der Waals surface area contributed by atoms with Crippen molar-refractivity contribution in [3.05, 3.63) is 0 Å². The second-order valence-corrected chi connectivity index (χ2v) is 6.72. The Balaban J connectivity index is 2.79. The summed E-state index contributed by atoms with van der Waals surface area (Å²) in [6.45, 7) is 17.8. The van der Waals surface area contributed by atoms with E-state index in [-0.39, 0.29) is 0 Å². The third kappa shape index (κ3) is 3.95. The molecule has 0 radical (unpaired) electrons. The lowest BCUT2D eigenvalue weighted by Crippen LogP contribution is -2.66. The minimum Gasteiger partial charge on any atom is -0.311 e. The fourth-order valence-corrected chi connectivity index (χ4v) is 3.31. The predicted octanol–water partition coefficient (Wildman–Crippen LogP) is 3.91. The van der Waals surface area contributed by atoms with Crippen LogP contribution in [-0.4, -0.2) is 36.1 Å². The largest absolute Gasteiger partial charge is 0.311 e. The van der Waals surface area contributed by atoms with Crippen molar-refractivity contribution in [2.45, 2.75) is 78.8 Å². The lowest BCUT2D eigenvalue weighted by Gasteiger charge is -2.51. The van der Waals surface area contributed by atoms with Gasteiger partial charge in [-0.3, -0.25) is 4.90 Å². The summed E-state index contributed by atoms with van der Waals surface area (Å²) in [5.41, 5.74) is 0.396. The summed E-state index contributed by atoms with van der Waals surface area (Å²) in [7, 11) is 0. The molecular weight excluding hydrogens is 232 g/mol. The summed E-state index contributed by atoms with van der Waals surface area (Å²) in [5.74, 6) is 1.60. The highest BCUT2D eigenvalue weighted by Gasteiger charge is 2.39. The minimum atomic E-state index is 0.396. The summed E-state index contributed by atoms with van der Waals surface area (Å²) >= 11 is 0. The molecule has 0 spiro atoms. The average Bonchev–Trinajstić information content (AvgIpc) is 2.46. The first kappa shape index (κ1) is 17.0.